The molecule has 2 heterocycles. The van der Waals surface area contributed by atoms with E-state index in [1.54, 1.807) is 0 Å². The Morgan fingerprint density at radius 1 is 1.23 bits per heavy atom. The molecule has 2 rings (SSSR count). The van der Waals surface area contributed by atoms with Gasteiger partial charge in [0.25, 0.3) is 0 Å². The lowest BCUT2D eigenvalue weighted by atomic mass is 10.0. The van der Waals surface area contributed by atoms with Gasteiger partial charge in [-0.2, -0.15) is 11.8 Å². The molecule has 22 heavy (non-hydrogen) atoms. The van der Waals surface area contributed by atoms with Crippen molar-refractivity contribution in [2.24, 2.45) is 10.9 Å². The first-order chi connectivity index (χ1) is 10.8. The summed E-state index contributed by atoms with van der Waals surface area (Å²) in [7, 11) is 1.87. The number of likely N-dealkylation sites (tertiary alicyclic amines) is 1. The van der Waals surface area contributed by atoms with Gasteiger partial charge in [-0.1, -0.05) is 6.92 Å². The quantitative estimate of drug-likeness (QED) is 0.428. The van der Waals surface area contributed by atoms with E-state index in [9.17, 15) is 0 Å². The maximum atomic E-state index is 4.32. The molecule has 0 spiro atoms. The molecule has 0 radical (unpaired) electrons. The lowest BCUT2D eigenvalue weighted by molar-refractivity contribution is 0.181. The van der Waals surface area contributed by atoms with E-state index in [1.807, 2.05) is 7.05 Å². The van der Waals surface area contributed by atoms with Crippen LogP contribution >= 0.6 is 11.8 Å². The van der Waals surface area contributed by atoms with Crippen LogP contribution in [0.15, 0.2) is 4.99 Å². The third-order valence-corrected chi connectivity index (χ3v) is 6.08. The molecule has 0 saturated carbocycles. The molecule has 0 aromatic carbocycles. The summed E-state index contributed by atoms with van der Waals surface area (Å²) in [6.07, 6.45) is 8.04. The molecule has 2 N–H and O–H groups in total. The fourth-order valence-corrected chi connectivity index (χ4v) is 4.59. The predicted molar refractivity (Wildman–Crippen MR) is 98.9 cm³/mol. The molecule has 0 bridgehead atoms. The van der Waals surface area contributed by atoms with E-state index < -0.39 is 0 Å². The molecule has 5 heteroatoms. The highest BCUT2D eigenvalue weighted by atomic mass is 32.2. The van der Waals surface area contributed by atoms with Crippen molar-refractivity contribution in [1.82, 2.24) is 15.5 Å². The summed E-state index contributed by atoms with van der Waals surface area (Å²) in [6.45, 7) is 8.33. The molecule has 2 aliphatic rings. The van der Waals surface area contributed by atoms with E-state index >= 15 is 0 Å². The molecule has 128 valence electrons. The highest BCUT2D eigenvalue weighted by Gasteiger charge is 2.16. The maximum Gasteiger partial charge on any atom is 0.191 e. The van der Waals surface area contributed by atoms with Crippen LogP contribution in [0.3, 0.4) is 0 Å². The number of rotatable bonds is 7. The van der Waals surface area contributed by atoms with Gasteiger partial charge >= 0.3 is 0 Å². The van der Waals surface area contributed by atoms with Crippen molar-refractivity contribution < 1.29 is 0 Å². The maximum absolute atomic E-state index is 4.32. The minimum atomic E-state index is 0.777. The van der Waals surface area contributed by atoms with Crippen LogP contribution in [0, 0.1) is 5.92 Å². The van der Waals surface area contributed by atoms with Crippen molar-refractivity contribution >= 4 is 17.7 Å². The van der Waals surface area contributed by atoms with E-state index in [0.29, 0.717) is 0 Å². The highest BCUT2D eigenvalue weighted by molar-refractivity contribution is 8.00. The van der Waals surface area contributed by atoms with Crippen LogP contribution in [0.4, 0.5) is 0 Å². The smallest absolute Gasteiger partial charge is 0.191 e. The topological polar surface area (TPSA) is 39.7 Å². The van der Waals surface area contributed by atoms with E-state index in [0.717, 1.165) is 30.2 Å². The second-order valence-corrected chi connectivity index (χ2v) is 8.18. The van der Waals surface area contributed by atoms with E-state index in [1.165, 1.54) is 63.9 Å². The molecule has 0 aliphatic carbocycles. The summed E-state index contributed by atoms with van der Waals surface area (Å²) in [5.41, 5.74) is 0. The fourth-order valence-electron chi connectivity index (χ4n) is 3.39. The second-order valence-electron chi connectivity index (χ2n) is 6.77. The van der Waals surface area contributed by atoms with Crippen molar-refractivity contribution in [3.63, 3.8) is 0 Å². The first-order valence-electron chi connectivity index (χ1n) is 9.06. The van der Waals surface area contributed by atoms with Gasteiger partial charge in [-0.05, 0) is 63.3 Å². The van der Waals surface area contributed by atoms with Gasteiger partial charge in [0, 0.05) is 31.9 Å². The Balaban J connectivity index is 1.49. The molecule has 2 fully saturated rings. The zero-order chi connectivity index (χ0) is 15.6. The number of unbranched alkanes of at least 4 members (excludes halogenated alkanes) is 1. The van der Waals surface area contributed by atoms with Crippen LogP contribution in [0.1, 0.15) is 45.4 Å². The third kappa shape index (κ3) is 6.78. The number of thioether (sulfide) groups is 1. The van der Waals surface area contributed by atoms with Crippen molar-refractivity contribution in [1.29, 1.82) is 0 Å². The zero-order valence-electron chi connectivity index (χ0n) is 14.4. The monoisotopic (exact) mass is 326 g/mol. The Morgan fingerprint density at radius 2 is 2.14 bits per heavy atom. The second kappa shape index (κ2) is 10.4. The molecular weight excluding hydrogens is 292 g/mol. The summed E-state index contributed by atoms with van der Waals surface area (Å²) in [5.74, 6) is 3.19. The molecule has 2 aliphatic heterocycles. The largest absolute Gasteiger partial charge is 0.356 e. The van der Waals surface area contributed by atoms with Gasteiger partial charge in [-0.3, -0.25) is 4.99 Å². The fraction of sp³-hybridized carbons (Fsp3) is 0.941. The van der Waals surface area contributed by atoms with Gasteiger partial charge < -0.3 is 15.5 Å². The SMILES string of the molecule is CN=C(NCCCCN1CCCC(C)C1)NCC1CCCS1. The first-order valence-corrected chi connectivity index (χ1v) is 10.1. The van der Waals surface area contributed by atoms with Crippen molar-refractivity contribution in [2.75, 3.05) is 45.5 Å². The van der Waals surface area contributed by atoms with Gasteiger partial charge in [0.1, 0.15) is 0 Å². The molecule has 4 nitrogen and oxygen atoms in total. The normalized spacial score (nSPS) is 27.1. The van der Waals surface area contributed by atoms with Crippen molar-refractivity contribution in [2.45, 2.75) is 50.7 Å². The standard InChI is InChI=1S/C17H34N4S/c1-15-7-5-11-21(14-15)10-4-3-9-19-17(18-2)20-13-16-8-6-12-22-16/h15-16H,3-14H2,1-2H3,(H2,18,19,20). The number of piperidine rings is 1. The zero-order valence-corrected chi connectivity index (χ0v) is 15.3. The van der Waals surface area contributed by atoms with Gasteiger partial charge in [-0.25, -0.2) is 0 Å². The van der Waals surface area contributed by atoms with Crippen LogP contribution in [0.5, 0.6) is 0 Å². The molecule has 0 amide bonds. The average Bonchev–Trinajstić information content (AvgIpc) is 3.03. The Hall–Kier alpha value is -0.420. The Kier molecular flexibility index (Phi) is 8.45. The number of nitrogens with one attached hydrogen (secondary N) is 2. The van der Waals surface area contributed by atoms with Crippen LogP contribution in [0.25, 0.3) is 0 Å². The minimum Gasteiger partial charge on any atom is -0.356 e. The molecule has 0 aromatic heterocycles. The molecule has 0 aromatic rings. The van der Waals surface area contributed by atoms with Crippen LogP contribution in [-0.4, -0.2) is 61.6 Å². The number of hydrogen-bond acceptors (Lipinski definition) is 3. The van der Waals surface area contributed by atoms with Crippen LogP contribution in [-0.2, 0) is 0 Å². The van der Waals surface area contributed by atoms with Gasteiger partial charge in [0.15, 0.2) is 5.96 Å². The average molecular weight is 327 g/mol. The summed E-state index contributed by atoms with van der Waals surface area (Å²) in [4.78, 5) is 6.96. The Labute approximate surface area is 140 Å². The number of guanidine groups is 1. The Bertz CT molecular complexity index is 329. The summed E-state index contributed by atoms with van der Waals surface area (Å²) in [5, 5.41) is 7.69. The summed E-state index contributed by atoms with van der Waals surface area (Å²) < 4.78 is 0. The molecule has 2 atom stereocenters. The molecule has 2 saturated heterocycles. The first kappa shape index (κ1) is 17.9. The van der Waals surface area contributed by atoms with E-state index in [-0.39, 0.29) is 0 Å². The lowest BCUT2D eigenvalue weighted by Crippen LogP contribution is -2.40. The van der Waals surface area contributed by atoms with E-state index in [2.05, 4.69) is 39.2 Å². The van der Waals surface area contributed by atoms with E-state index in [4.69, 9.17) is 0 Å². The minimum absolute atomic E-state index is 0.777. The van der Waals surface area contributed by atoms with Gasteiger partial charge in [-0.15, -0.1) is 0 Å². The van der Waals surface area contributed by atoms with Gasteiger partial charge in [0.2, 0.25) is 0 Å². The molecular formula is C17H34N4S. The summed E-state index contributed by atoms with van der Waals surface area (Å²) in [6, 6.07) is 0. The summed E-state index contributed by atoms with van der Waals surface area (Å²) >= 11 is 2.09. The van der Waals surface area contributed by atoms with Crippen LogP contribution in [0.2, 0.25) is 0 Å². The van der Waals surface area contributed by atoms with Gasteiger partial charge in [0.05, 0.1) is 0 Å². The van der Waals surface area contributed by atoms with Crippen LogP contribution < -0.4 is 10.6 Å². The predicted octanol–water partition coefficient (Wildman–Crippen LogP) is 2.56. The number of aliphatic imine (C=N–C) groups is 1. The van der Waals surface area contributed by atoms with Crippen molar-refractivity contribution in [3.8, 4) is 0 Å². The van der Waals surface area contributed by atoms with Crippen molar-refractivity contribution in [3.05, 3.63) is 0 Å². The number of nitrogens with zero attached hydrogens (tertiary/aromatic N) is 2. The lowest BCUT2D eigenvalue weighted by Gasteiger charge is -2.30. The molecule has 2 unspecified atom stereocenters. The number of hydrogen-bond donors (Lipinski definition) is 2. The highest BCUT2D eigenvalue weighted by Crippen LogP contribution is 2.25. The Morgan fingerprint density at radius 3 is 2.86 bits per heavy atom. The third-order valence-electron chi connectivity index (χ3n) is 4.68.